The van der Waals surface area contributed by atoms with Crippen LogP contribution in [0.1, 0.15) is 22.3 Å². The molecule has 0 radical (unpaired) electrons. The first-order valence-corrected chi connectivity index (χ1v) is 21.1. The highest BCUT2D eigenvalue weighted by Crippen LogP contribution is 2.26. The van der Waals surface area contributed by atoms with Crippen LogP contribution < -0.4 is 18.9 Å². The molecule has 344 valence electrons. The van der Waals surface area contributed by atoms with Crippen LogP contribution in [0.4, 0.5) is 0 Å². The molecular weight excluding hydrogens is 825 g/mol. The van der Waals surface area contributed by atoms with Gasteiger partial charge in [-0.25, -0.2) is 0 Å². The third-order valence-corrected chi connectivity index (χ3v) is 11.7. The number of aliphatic carboxylic acids is 4. The molecule has 0 spiro atoms. The van der Waals surface area contributed by atoms with Crippen LogP contribution in [0.25, 0.3) is 0 Å². The van der Waals surface area contributed by atoms with Crippen LogP contribution in [-0.2, 0) is 44.9 Å². The molecule has 16 heteroatoms. The lowest BCUT2D eigenvalue weighted by Gasteiger charge is -2.45. The number of carboxylic acids is 4. The molecule has 16 nitrogen and oxygen atoms in total. The van der Waals surface area contributed by atoms with Crippen LogP contribution in [0.2, 0.25) is 0 Å². The van der Waals surface area contributed by atoms with Crippen molar-refractivity contribution in [2.75, 3.05) is 80.8 Å². The summed E-state index contributed by atoms with van der Waals surface area (Å²) >= 11 is 0. The summed E-state index contributed by atoms with van der Waals surface area (Å²) < 4.78 is 21.6. The molecule has 0 saturated carbocycles. The second-order valence-corrected chi connectivity index (χ2v) is 16.1. The van der Waals surface area contributed by atoms with E-state index >= 15 is 0 Å². The van der Waals surface area contributed by atoms with Crippen LogP contribution in [0, 0.1) is 0 Å². The van der Waals surface area contributed by atoms with Crippen molar-refractivity contribution in [2.24, 2.45) is 0 Å². The second kappa shape index (κ2) is 24.0. The summed E-state index contributed by atoms with van der Waals surface area (Å²) in [6.45, 7) is -1.40. The minimum absolute atomic E-state index is 0.0741. The first-order valence-electron chi connectivity index (χ1n) is 21.1. The van der Waals surface area contributed by atoms with E-state index in [1.807, 2.05) is 117 Å². The number of methoxy groups -OCH3 is 4. The third-order valence-electron chi connectivity index (χ3n) is 11.7. The van der Waals surface area contributed by atoms with Gasteiger partial charge in [-0.2, -0.15) is 0 Å². The normalized spacial score (nSPS) is 19.4. The number of carbonyl (C=O) groups is 4. The molecular formula is C48H60N4O12. The zero-order chi connectivity index (χ0) is 46.2. The predicted octanol–water partition coefficient (Wildman–Crippen LogP) is 4.03. The lowest BCUT2D eigenvalue weighted by molar-refractivity contribution is -0.144. The van der Waals surface area contributed by atoms with Gasteiger partial charge in [-0.15, -0.1) is 0 Å². The second-order valence-electron chi connectivity index (χ2n) is 16.1. The Balaban J connectivity index is 1.74. The summed E-state index contributed by atoms with van der Waals surface area (Å²) in [4.78, 5) is 58.9. The van der Waals surface area contributed by atoms with E-state index in [-0.39, 0.29) is 26.2 Å². The van der Waals surface area contributed by atoms with Crippen molar-refractivity contribution < 1.29 is 58.6 Å². The van der Waals surface area contributed by atoms with E-state index in [2.05, 4.69) is 0 Å². The van der Waals surface area contributed by atoms with Gasteiger partial charge in [0.05, 0.1) is 54.6 Å². The zero-order valence-corrected chi connectivity index (χ0v) is 36.9. The van der Waals surface area contributed by atoms with Crippen LogP contribution in [0.5, 0.6) is 23.0 Å². The van der Waals surface area contributed by atoms with Crippen LogP contribution in [0.3, 0.4) is 0 Å². The summed E-state index contributed by atoms with van der Waals surface area (Å²) in [5.41, 5.74) is 3.38. The summed E-state index contributed by atoms with van der Waals surface area (Å²) in [5.74, 6) is -1.92. The van der Waals surface area contributed by atoms with Crippen molar-refractivity contribution in [2.45, 2.75) is 49.9 Å². The largest absolute Gasteiger partial charge is 0.497 e. The SMILES string of the molecule is COc1ccc(C[C@H]2CN(CC(=O)O)[C@@H](Cc3ccc(OC)cc3)CN(CC(=O)O)[C@@H](Cc3ccc(OC)cc3)CN(CC(=O)O)[C@@H](Cc3ccc(OC)cc3)CN2CC(=O)O)cc1. The van der Waals surface area contributed by atoms with Gasteiger partial charge < -0.3 is 39.4 Å². The molecule has 0 bridgehead atoms. The maximum atomic E-state index is 12.9. The van der Waals surface area contributed by atoms with Gasteiger partial charge in [0.1, 0.15) is 23.0 Å². The average molecular weight is 885 g/mol. The van der Waals surface area contributed by atoms with E-state index < -0.39 is 74.2 Å². The molecule has 64 heavy (non-hydrogen) atoms. The van der Waals surface area contributed by atoms with Gasteiger partial charge in [-0.05, 0) is 96.5 Å². The molecule has 1 saturated heterocycles. The minimum Gasteiger partial charge on any atom is -0.497 e. The molecule has 5 rings (SSSR count). The number of hydrogen-bond donors (Lipinski definition) is 4. The van der Waals surface area contributed by atoms with Crippen molar-refractivity contribution in [3.63, 3.8) is 0 Å². The van der Waals surface area contributed by atoms with Gasteiger partial charge in [-0.3, -0.25) is 38.8 Å². The van der Waals surface area contributed by atoms with Crippen molar-refractivity contribution in [1.29, 1.82) is 0 Å². The first-order chi connectivity index (χ1) is 30.7. The van der Waals surface area contributed by atoms with E-state index in [4.69, 9.17) is 18.9 Å². The molecule has 0 aromatic heterocycles. The van der Waals surface area contributed by atoms with Crippen LogP contribution >= 0.6 is 0 Å². The number of carboxylic acid groups (broad SMARTS) is 4. The fourth-order valence-electron chi connectivity index (χ4n) is 8.52. The van der Waals surface area contributed by atoms with Crippen LogP contribution in [-0.4, -0.2) is 169 Å². The summed E-state index contributed by atoms with van der Waals surface area (Å²) in [6.07, 6.45) is 1.21. The third kappa shape index (κ3) is 15.0. The topological polar surface area (TPSA) is 199 Å². The quantitative estimate of drug-likeness (QED) is 0.0992. The molecule has 1 aliphatic rings. The molecule has 0 aliphatic carbocycles. The molecule has 1 aliphatic heterocycles. The zero-order valence-electron chi connectivity index (χ0n) is 36.9. The van der Waals surface area contributed by atoms with Gasteiger partial charge in [-0.1, -0.05) is 48.5 Å². The van der Waals surface area contributed by atoms with Gasteiger partial charge in [0.15, 0.2) is 0 Å². The maximum Gasteiger partial charge on any atom is 0.317 e. The van der Waals surface area contributed by atoms with E-state index in [1.165, 1.54) is 0 Å². The van der Waals surface area contributed by atoms with Gasteiger partial charge in [0.2, 0.25) is 0 Å². The highest BCUT2D eigenvalue weighted by atomic mass is 16.5. The number of hydrogen-bond acceptors (Lipinski definition) is 12. The monoisotopic (exact) mass is 884 g/mol. The van der Waals surface area contributed by atoms with Crippen molar-refractivity contribution in [1.82, 2.24) is 19.6 Å². The summed E-state index contributed by atoms with van der Waals surface area (Å²) in [5, 5.41) is 42.2. The summed E-state index contributed by atoms with van der Waals surface area (Å²) in [6, 6.07) is 27.1. The van der Waals surface area contributed by atoms with E-state index in [9.17, 15) is 39.6 Å². The molecule has 4 atom stereocenters. The molecule has 4 aromatic rings. The van der Waals surface area contributed by atoms with Crippen molar-refractivity contribution >= 4 is 23.9 Å². The Labute approximate surface area is 374 Å². The highest BCUT2D eigenvalue weighted by Gasteiger charge is 2.37. The molecule has 1 heterocycles. The molecule has 4 aromatic carbocycles. The Morgan fingerprint density at radius 3 is 0.688 bits per heavy atom. The van der Waals surface area contributed by atoms with Crippen LogP contribution in [0.15, 0.2) is 97.1 Å². The molecule has 4 N–H and O–H groups in total. The Morgan fingerprint density at radius 2 is 0.547 bits per heavy atom. The number of benzene rings is 4. The smallest absolute Gasteiger partial charge is 0.317 e. The lowest BCUT2D eigenvalue weighted by atomic mass is 9.95. The number of rotatable bonds is 20. The van der Waals surface area contributed by atoms with Gasteiger partial charge in [0.25, 0.3) is 0 Å². The fourth-order valence-corrected chi connectivity index (χ4v) is 8.52. The molecule has 0 unspecified atom stereocenters. The highest BCUT2D eigenvalue weighted by molar-refractivity contribution is 5.70. The van der Waals surface area contributed by atoms with E-state index in [0.29, 0.717) is 48.7 Å². The molecule has 1 fully saturated rings. The minimum atomic E-state index is -1.11. The summed E-state index contributed by atoms with van der Waals surface area (Å²) in [7, 11) is 6.24. The fraction of sp³-hybridized carbons (Fsp3) is 0.417. The standard InChI is InChI=1S/C48H60N4O12/c1-61-41-13-5-33(6-14-41)21-37-25-50(30-46(55)56)39(23-35-9-17-43(63-3)18-10-35)27-52(32-48(59)60)40(24-36-11-19-44(64-4)20-12-36)28-51(31-47(57)58)38(26-49(37)29-45(53)54)22-34-7-15-42(62-2)16-8-34/h5-20,37-40H,21-32H2,1-4H3,(H,53,54)(H,55,56)(H,57,58)(H,59,60)/t37-,38-,39-,40-/m0/s1. The Morgan fingerprint density at radius 1 is 0.375 bits per heavy atom. The van der Waals surface area contributed by atoms with E-state index in [0.717, 1.165) is 22.3 Å². The molecule has 0 amide bonds. The van der Waals surface area contributed by atoms with Gasteiger partial charge in [0, 0.05) is 50.3 Å². The van der Waals surface area contributed by atoms with Crippen molar-refractivity contribution in [3.05, 3.63) is 119 Å². The predicted molar refractivity (Wildman–Crippen MR) is 239 cm³/mol. The number of nitrogens with zero attached hydrogens (tertiary/aromatic N) is 4. The Hall–Kier alpha value is -6.20. The first kappa shape index (κ1) is 48.8. The lowest BCUT2D eigenvalue weighted by Crippen LogP contribution is -2.61. The Kier molecular flexibility index (Phi) is 18.3. The van der Waals surface area contributed by atoms with Crippen molar-refractivity contribution in [3.8, 4) is 23.0 Å². The maximum absolute atomic E-state index is 12.9. The Bertz CT molecular complexity index is 1800. The van der Waals surface area contributed by atoms with Gasteiger partial charge >= 0.3 is 23.9 Å². The number of ether oxygens (including phenoxy) is 4. The average Bonchev–Trinajstić information content (AvgIpc) is 3.27. The van der Waals surface area contributed by atoms with E-state index in [1.54, 1.807) is 28.4 Å².